The van der Waals surface area contributed by atoms with Gasteiger partial charge in [0.05, 0.1) is 6.10 Å². The second-order valence-corrected chi connectivity index (χ2v) is 2.17. The summed E-state index contributed by atoms with van der Waals surface area (Å²) >= 11 is 0. The highest BCUT2D eigenvalue weighted by molar-refractivity contribution is 5.81. The van der Waals surface area contributed by atoms with Gasteiger partial charge < -0.3 is 9.47 Å². The number of carbonyl (C=O) groups excluding carboxylic acids is 1. The first kappa shape index (κ1) is 29.2. The number of esters is 1. The molecule has 0 aliphatic rings. The van der Waals surface area contributed by atoms with Crippen molar-refractivity contribution in [3.05, 3.63) is 12.7 Å². The van der Waals surface area contributed by atoms with Crippen LogP contribution < -0.4 is 0 Å². The normalized spacial score (nSPS) is 8.93. The van der Waals surface area contributed by atoms with Gasteiger partial charge in [0.1, 0.15) is 0 Å². The fourth-order valence-corrected chi connectivity index (χ4v) is 0.385. The highest BCUT2D eigenvalue weighted by atomic mass is 16.7. The molecule has 0 aromatic rings. The van der Waals surface area contributed by atoms with Crippen LogP contribution in [-0.2, 0) is 14.3 Å². The van der Waals surface area contributed by atoms with E-state index < -0.39 is 5.97 Å². The van der Waals surface area contributed by atoms with Crippen LogP contribution in [0.1, 0.15) is 50.0 Å². The predicted octanol–water partition coefficient (Wildman–Crippen LogP) is 4.03. The van der Waals surface area contributed by atoms with E-state index in [0.29, 0.717) is 0 Å². The molecule has 1 atom stereocenters. The standard InChI is InChI=1S/C8H14O3.4CH4/c1-4-7(3)10-6-11-8(9)5-2;;;;/h5,7H,2,4,6H2,1,3H3;4*1H4. The summed E-state index contributed by atoms with van der Waals surface area (Å²) in [4.78, 5) is 10.5. The van der Waals surface area contributed by atoms with Crippen molar-refractivity contribution in [3.63, 3.8) is 0 Å². The highest BCUT2D eigenvalue weighted by Crippen LogP contribution is 1.95. The molecule has 0 bridgehead atoms. The molecule has 1 unspecified atom stereocenters. The first-order chi connectivity index (χ1) is 5.20. The van der Waals surface area contributed by atoms with Crippen LogP contribution in [0.3, 0.4) is 0 Å². The summed E-state index contributed by atoms with van der Waals surface area (Å²) in [6, 6.07) is 0. The summed E-state index contributed by atoms with van der Waals surface area (Å²) in [5.41, 5.74) is 0. The van der Waals surface area contributed by atoms with Crippen molar-refractivity contribution in [1.82, 2.24) is 0 Å². The summed E-state index contributed by atoms with van der Waals surface area (Å²) in [6.07, 6.45) is 2.15. The third-order valence-corrected chi connectivity index (χ3v) is 1.30. The first-order valence-corrected chi connectivity index (χ1v) is 3.61. The molecule has 3 heteroatoms. The van der Waals surface area contributed by atoms with Crippen LogP contribution >= 0.6 is 0 Å². The third-order valence-electron chi connectivity index (χ3n) is 1.30. The molecule has 0 saturated heterocycles. The van der Waals surface area contributed by atoms with Crippen molar-refractivity contribution in [2.24, 2.45) is 0 Å². The summed E-state index contributed by atoms with van der Waals surface area (Å²) in [6.45, 7) is 7.18. The van der Waals surface area contributed by atoms with Gasteiger partial charge in [-0.3, -0.25) is 0 Å². The van der Waals surface area contributed by atoms with E-state index in [1.807, 2.05) is 13.8 Å². The Hall–Kier alpha value is -0.830. The molecule has 0 N–H and O–H groups in total. The summed E-state index contributed by atoms with van der Waals surface area (Å²) < 4.78 is 9.66. The van der Waals surface area contributed by atoms with E-state index in [1.54, 1.807) is 0 Å². The molecule has 0 aromatic carbocycles. The Labute approximate surface area is 96.5 Å². The van der Waals surface area contributed by atoms with Gasteiger partial charge in [-0.05, 0) is 13.3 Å². The molecule has 0 aliphatic carbocycles. The van der Waals surface area contributed by atoms with Crippen LogP contribution in [-0.4, -0.2) is 18.9 Å². The Morgan fingerprint density at radius 1 is 1.33 bits per heavy atom. The van der Waals surface area contributed by atoms with Crippen LogP contribution in [0.15, 0.2) is 12.7 Å². The van der Waals surface area contributed by atoms with Crippen molar-refractivity contribution in [2.45, 2.75) is 56.1 Å². The van der Waals surface area contributed by atoms with E-state index in [1.165, 1.54) is 0 Å². The fraction of sp³-hybridized carbons (Fsp3) is 0.750. The number of hydrogen-bond acceptors (Lipinski definition) is 3. The maximum atomic E-state index is 10.5. The molecule has 0 radical (unpaired) electrons. The second-order valence-electron chi connectivity index (χ2n) is 2.17. The zero-order chi connectivity index (χ0) is 8.69. The van der Waals surface area contributed by atoms with Gasteiger partial charge in [-0.25, -0.2) is 4.79 Å². The molecule has 0 amide bonds. The van der Waals surface area contributed by atoms with Gasteiger partial charge in [-0.15, -0.1) is 0 Å². The zero-order valence-corrected chi connectivity index (χ0v) is 7.00. The van der Waals surface area contributed by atoms with Crippen LogP contribution in [0.25, 0.3) is 0 Å². The van der Waals surface area contributed by atoms with Crippen LogP contribution in [0.5, 0.6) is 0 Å². The minimum atomic E-state index is -0.451. The van der Waals surface area contributed by atoms with E-state index >= 15 is 0 Å². The Balaban J connectivity index is -0.0000000833. The van der Waals surface area contributed by atoms with Crippen molar-refractivity contribution in [2.75, 3.05) is 6.79 Å². The van der Waals surface area contributed by atoms with Gasteiger partial charge in [0.2, 0.25) is 0 Å². The molecule has 0 aliphatic heterocycles. The largest absolute Gasteiger partial charge is 0.435 e. The number of ether oxygens (including phenoxy) is 2. The third kappa shape index (κ3) is 19.5. The van der Waals surface area contributed by atoms with Crippen molar-refractivity contribution >= 4 is 5.97 Å². The SMILES string of the molecule is C.C.C.C.C=CC(=O)OCOC(C)CC. The van der Waals surface area contributed by atoms with E-state index in [4.69, 9.17) is 4.74 Å². The monoisotopic (exact) mass is 222 g/mol. The van der Waals surface area contributed by atoms with Crippen LogP contribution in [0.4, 0.5) is 0 Å². The highest BCUT2D eigenvalue weighted by Gasteiger charge is 1.99. The Morgan fingerprint density at radius 2 is 1.80 bits per heavy atom. The minimum absolute atomic E-state index is 0. The van der Waals surface area contributed by atoms with E-state index in [-0.39, 0.29) is 42.6 Å². The molecule has 0 saturated carbocycles. The number of hydrogen-bond donors (Lipinski definition) is 0. The van der Waals surface area contributed by atoms with Crippen molar-refractivity contribution in [3.8, 4) is 0 Å². The average Bonchev–Trinajstić information content (AvgIpc) is 2.04. The minimum Gasteiger partial charge on any atom is -0.435 e. The van der Waals surface area contributed by atoms with E-state index in [0.717, 1.165) is 12.5 Å². The molecular formula is C12H30O3. The van der Waals surface area contributed by atoms with Crippen molar-refractivity contribution < 1.29 is 14.3 Å². The van der Waals surface area contributed by atoms with Gasteiger partial charge in [0, 0.05) is 6.08 Å². The second kappa shape index (κ2) is 18.9. The van der Waals surface area contributed by atoms with Gasteiger partial charge in [-0.2, -0.15) is 0 Å². The summed E-state index contributed by atoms with van der Waals surface area (Å²) in [5.74, 6) is -0.451. The van der Waals surface area contributed by atoms with Gasteiger partial charge >= 0.3 is 5.97 Å². The van der Waals surface area contributed by atoms with Gasteiger partial charge in [0.25, 0.3) is 0 Å². The average molecular weight is 222 g/mol. The molecule has 0 spiro atoms. The summed E-state index contributed by atoms with van der Waals surface area (Å²) in [7, 11) is 0. The lowest BCUT2D eigenvalue weighted by molar-refractivity contribution is -0.154. The lowest BCUT2D eigenvalue weighted by Crippen LogP contribution is -2.12. The maximum absolute atomic E-state index is 10.5. The first-order valence-electron chi connectivity index (χ1n) is 3.61. The molecular weight excluding hydrogens is 192 g/mol. The summed E-state index contributed by atoms with van der Waals surface area (Å²) in [5, 5.41) is 0. The maximum Gasteiger partial charge on any atom is 0.332 e. The van der Waals surface area contributed by atoms with E-state index in [2.05, 4.69) is 11.3 Å². The lowest BCUT2D eigenvalue weighted by atomic mass is 10.3. The van der Waals surface area contributed by atoms with Gasteiger partial charge in [-0.1, -0.05) is 43.2 Å². The quantitative estimate of drug-likeness (QED) is 0.400. The molecule has 0 aromatic heterocycles. The predicted molar refractivity (Wildman–Crippen MR) is 68.9 cm³/mol. The molecule has 0 heterocycles. The topological polar surface area (TPSA) is 35.5 Å². The van der Waals surface area contributed by atoms with Crippen LogP contribution in [0, 0.1) is 0 Å². The molecule has 0 fully saturated rings. The fourth-order valence-electron chi connectivity index (χ4n) is 0.385. The Kier molecular flexibility index (Phi) is 36.7. The molecule has 0 rings (SSSR count). The zero-order valence-electron chi connectivity index (χ0n) is 7.00. The molecule has 3 nitrogen and oxygen atoms in total. The van der Waals surface area contributed by atoms with Crippen molar-refractivity contribution in [1.29, 1.82) is 0 Å². The molecule has 15 heavy (non-hydrogen) atoms. The number of rotatable bonds is 5. The number of carbonyl (C=O) groups is 1. The Bertz CT molecular complexity index is 133. The van der Waals surface area contributed by atoms with E-state index in [9.17, 15) is 4.79 Å². The Morgan fingerprint density at radius 3 is 2.13 bits per heavy atom. The molecule has 96 valence electrons. The lowest BCUT2D eigenvalue weighted by Gasteiger charge is -2.09. The van der Waals surface area contributed by atoms with Gasteiger partial charge in [0.15, 0.2) is 6.79 Å². The smallest absolute Gasteiger partial charge is 0.332 e. The van der Waals surface area contributed by atoms with Crippen LogP contribution in [0.2, 0.25) is 0 Å².